The summed E-state index contributed by atoms with van der Waals surface area (Å²) in [5.74, 6) is 0.462. The van der Waals surface area contributed by atoms with Crippen LogP contribution in [0.25, 0.3) is 22.2 Å². The number of hydrogen-bond donors (Lipinski definition) is 2. The molecule has 0 radical (unpaired) electrons. The largest absolute Gasteiger partial charge is 0.382 e. The molecule has 1 saturated heterocycles. The van der Waals surface area contributed by atoms with Crippen molar-refractivity contribution in [2.45, 2.75) is 25.8 Å². The molecule has 1 aliphatic carbocycles. The lowest BCUT2D eigenvalue weighted by Crippen LogP contribution is -2.61. The molecule has 0 bridgehead atoms. The predicted octanol–water partition coefficient (Wildman–Crippen LogP) is 1.93. The number of aryl methyl sites for hydroxylation is 1. The highest BCUT2D eigenvalue weighted by Crippen LogP contribution is 2.32. The number of carbonyl (C=O) groups is 2. The number of nitrogen functional groups attached to an aromatic ring is 1. The Morgan fingerprint density at radius 1 is 1.17 bits per heavy atom. The maximum absolute atomic E-state index is 12.9. The van der Waals surface area contributed by atoms with E-state index >= 15 is 0 Å². The first-order chi connectivity index (χ1) is 14.5. The minimum absolute atomic E-state index is 0.0418. The first kappa shape index (κ1) is 18.5. The van der Waals surface area contributed by atoms with Crippen LogP contribution in [0.4, 0.5) is 5.82 Å². The summed E-state index contributed by atoms with van der Waals surface area (Å²) in [6.45, 7) is 3.04. The van der Waals surface area contributed by atoms with Gasteiger partial charge >= 0.3 is 0 Å². The van der Waals surface area contributed by atoms with E-state index in [0.717, 1.165) is 29.8 Å². The van der Waals surface area contributed by atoms with E-state index in [1.807, 2.05) is 36.1 Å². The molecule has 5 rings (SSSR count). The Hall–Kier alpha value is -3.55. The summed E-state index contributed by atoms with van der Waals surface area (Å²) in [6.07, 6.45) is 5.20. The molecule has 2 fully saturated rings. The van der Waals surface area contributed by atoms with Gasteiger partial charge in [0.1, 0.15) is 11.3 Å². The van der Waals surface area contributed by atoms with Crippen LogP contribution in [0.5, 0.6) is 0 Å². The van der Waals surface area contributed by atoms with Gasteiger partial charge in [-0.1, -0.05) is 0 Å². The van der Waals surface area contributed by atoms with Gasteiger partial charge in [0.15, 0.2) is 0 Å². The summed E-state index contributed by atoms with van der Waals surface area (Å²) >= 11 is 0. The van der Waals surface area contributed by atoms with E-state index in [2.05, 4.69) is 20.3 Å². The fourth-order valence-corrected chi connectivity index (χ4v) is 3.78. The number of amides is 2. The molecule has 0 spiro atoms. The van der Waals surface area contributed by atoms with E-state index in [4.69, 9.17) is 5.73 Å². The Morgan fingerprint density at radius 2 is 1.97 bits per heavy atom. The summed E-state index contributed by atoms with van der Waals surface area (Å²) in [4.78, 5) is 39.8. The van der Waals surface area contributed by atoms with Gasteiger partial charge in [0.05, 0.1) is 17.3 Å². The second-order valence-electron chi connectivity index (χ2n) is 8.02. The molecule has 4 heterocycles. The number of nitrogens with zero attached hydrogens (tertiary/aromatic N) is 4. The molecule has 1 saturated carbocycles. The number of anilines is 1. The first-order valence-electron chi connectivity index (χ1n) is 10.1. The second-order valence-corrected chi connectivity index (χ2v) is 8.02. The van der Waals surface area contributed by atoms with Crippen molar-refractivity contribution in [1.82, 2.24) is 25.2 Å². The molecular weight excluding hydrogens is 380 g/mol. The molecule has 1 aliphatic heterocycles. The number of pyridine rings is 3. The Morgan fingerprint density at radius 3 is 2.70 bits per heavy atom. The van der Waals surface area contributed by atoms with E-state index in [-0.39, 0.29) is 29.6 Å². The Balaban J connectivity index is 1.37. The number of nitrogens with two attached hydrogens (primary N) is 1. The second kappa shape index (κ2) is 7.05. The number of likely N-dealkylation sites (tertiary alicyclic amines) is 1. The highest BCUT2D eigenvalue weighted by Gasteiger charge is 2.39. The van der Waals surface area contributed by atoms with Gasteiger partial charge in [-0.2, -0.15) is 0 Å². The number of hydrogen-bond acceptors (Lipinski definition) is 6. The van der Waals surface area contributed by atoms with Crippen LogP contribution in [0.2, 0.25) is 0 Å². The van der Waals surface area contributed by atoms with Gasteiger partial charge in [-0.15, -0.1) is 0 Å². The van der Waals surface area contributed by atoms with Crippen LogP contribution in [0.15, 0.2) is 36.7 Å². The summed E-state index contributed by atoms with van der Waals surface area (Å²) in [6, 6.07) is 7.50. The molecule has 3 N–H and O–H groups in total. The van der Waals surface area contributed by atoms with Gasteiger partial charge in [0, 0.05) is 48.0 Å². The van der Waals surface area contributed by atoms with E-state index < -0.39 is 0 Å². The third-order valence-electron chi connectivity index (χ3n) is 5.65. The first-order valence-corrected chi connectivity index (χ1v) is 10.1. The van der Waals surface area contributed by atoms with Crippen molar-refractivity contribution >= 4 is 28.5 Å². The molecule has 8 heteroatoms. The molecule has 152 valence electrons. The van der Waals surface area contributed by atoms with Crippen LogP contribution >= 0.6 is 0 Å². The van der Waals surface area contributed by atoms with E-state index in [1.54, 1.807) is 6.20 Å². The lowest BCUT2D eigenvalue weighted by atomic mass is 10.0. The van der Waals surface area contributed by atoms with E-state index in [0.29, 0.717) is 29.6 Å². The third-order valence-corrected chi connectivity index (χ3v) is 5.65. The van der Waals surface area contributed by atoms with Gasteiger partial charge in [-0.25, -0.2) is 9.97 Å². The smallest absolute Gasteiger partial charge is 0.253 e. The Bertz CT molecular complexity index is 1170. The highest BCUT2D eigenvalue weighted by molar-refractivity contribution is 6.08. The normalized spacial score (nSPS) is 16.4. The topological polar surface area (TPSA) is 114 Å². The van der Waals surface area contributed by atoms with Crippen LogP contribution < -0.4 is 11.1 Å². The molecule has 8 nitrogen and oxygen atoms in total. The molecule has 2 amide bonds. The van der Waals surface area contributed by atoms with Gasteiger partial charge in [0.2, 0.25) is 5.91 Å². The van der Waals surface area contributed by atoms with Crippen molar-refractivity contribution in [3.8, 4) is 11.3 Å². The van der Waals surface area contributed by atoms with Gasteiger partial charge < -0.3 is 16.0 Å². The quantitative estimate of drug-likeness (QED) is 0.689. The van der Waals surface area contributed by atoms with Crippen molar-refractivity contribution in [3.05, 3.63) is 47.9 Å². The molecule has 2 aliphatic rings. The van der Waals surface area contributed by atoms with Crippen LogP contribution in [0, 0.1) is 12.8 Å². The third kappa shape index (κ3) is 3.34. The standard InChI is InChI=1S/C22H22N6O2/c1-12-8-14(6-7-24-12)18-5-4-16-17(9-25-20(23)19(16)27-18)21(29)26-15-10-28(11-15)22(30)13-2-3-13/h4-9,13,15H,2-3,10-11H2,1H3,(H2,23,25)(H,26,29). The summed E-state index contributed by atoms with van der Waals surface area (Å²) in [7, 11) is 0. The SMILES string of the molecule is Cc1cc(-c2ccc3c(C(=O)NC4CN(C(=O)C5CC5)C4)cnc(N)c3n2)ccn1. The molecule has 3 aromatic heterocycles. The van der Waals surface area contributed by atoms with Gasteiger partial charge in [-0.3, -0.25) is 14.6 Å². The number of nitrogens with one attached hydrogen (secondary N) is 1. The van der Waals surface area contributed by atoms with Crippen molar-refractivity contribution in [1.29, 1.82) is 0 Å². The highest BCUT2D eigenvalue weighted by atomic mass is 16.2. The summed E-state index contributed by atoms with van der Waals surface area (Å²) < 4.78 is 0. The maximum Gasteiger partial charge on any atom is 0.253 e. The number of rotatable bonds is 4. The molecule has 0 unspecified atom stereocenters. The zero-order valence-corrected chi connectivity index (χ0v) is 16.6. The number of fused-ring (bicyclic) bond motifs is 1. The predicted molar refractivity (Wildman–Crippen MR) is 112 cm³/mol. The average Bonchev–Trinajstić information content (AvgIpc) is 3.55. The molecule has 0 aromatic carbocycles. The number of carbonyl (C=O) groups excluding carboxylic acids is 2. The fourth-order valence-electron chi connectivity index (χ4n) is 3.78. The zero-order chi connectivity index (χ0) is 20.8. The molecular formula is C22H22N6O2. The van der Waals surface area contributed by atoms with Crippen molar-refractivity contribution in [2.75, 3.05) is 18.8 Å². The van der Waals surface area contributed by atoms with Crippen LogP contribution in [0.3, 0.4) is 0 Å². The molecule has 3 aromatic rings. The lowest BCUT2D eigenvalue weighted by Gasteiger charge is -2.39. The molecule has 0 atom stereocenters. The number of aromatic nitrogens is 3. The lowest BCUT2D eigenvalue weighted by molar-refractivity contribution is -0.137. The minimum Gasteiger partial charge on any atom is -0.382 e. The van der Waals surface area contributed by atoms with Crippen molar-refractivity contribution < 1.29 is 9.59 Å². The van der Waals surface area contributed by atoms with Crippen LogP contribution in [-0.2, 0) is 4.79 Å². The fraction of sp³-hybridized carbons (Fsp3) is 0.318. The Kier molecular flexibility index (Phi) is 4.34. The van der Waals surface area contributed by atoms with Crippen molar-refractivity contribution in [2.24, 2.45) is 5.92 Å². The minimum atomic E-state index is -0.231. The monoisotopic (exact) mass is 402 g/mol. The average molecular weight is 402 g/mol. The van der Waals surface area contributed by atoms with Gasteiger partial charge in [0.25, 0.3) is 5.91 Å². The molecule has 30 heavy (non-hydrogen) atoms. The van der Waals surface area contributed by atoms with E-state index in [9.17, 15) is 9.59 Å². The Labute approximate surface area is 173 Å². The summed E-state index contributed by atoms with van der Waals surface area (Å²) in [5, 5.41) is 3.65. The maximum atomic E-state index is 12.9. The van der Waals surface area contributed by atoms with Crippen molar-refractivity contribution in [3.63, 3.8) is 0 Å². The zero-order valence-electron chi connectivity index (χ0n) is 16.6. The van der Waals surface area contributed by atoms with Crippen LogP contribution in [0.1, 0.15) is 28.9 Å². The van der Waals surface area contributed by atoms with Gasteiger partial charge in [-0.05, 0) is 44.0 Å². The summed E-state index contributed by atoms with van der Waals surface area (Å²) in [5.41, 5.74) is 9.55. The van der Waals surface area contributed by atoms with E-state index in [1.165, 1.54) is 6.20 Å². The van der Waals surface area contributed by atoms with Crippen LogP contribution in [-0.4, -0.2) is 50.8 Å².